The van der Waals surface area contributed by atoms with Gasteiger partial charge in [0.2, 0.25) is 0 Å². The lowest BCUT2D eigenvalue weighted by Gasteiger charge is -2.37. The van der Waals surface area contributed by atoms with E-state index in [1.54, 1.807) is 47.8 Å². The molecule has 1 aromatic carbocycles. The second-order valence-corrected chi connectivity index (χ2v) is 7.84. The van der Waals surface area contributed by atoms with Crippen molar-refractivity contribution in [1.29, 1.82) is 5.26 Å². The van der Waals surface area contributed by atoms with Gasteiger partial charge in [-0.25, -0.2) is 13.2 Å². The molecular weight excluding hydrogens is 417 g/mol. The third kappa shape index (κ3) is 4.19. The number of piperidine rings is 1. The summed E-state index contributed by atoms with van der Waals surface area (Å²) >= 11 is 0. The Morgan fingerprint density at radius 2 is 1.72 bits per heavy atom. The SMILES string of the molecule is N#CC1(Cc2c(F)cc(F)cc2F)CCN(C(=O)c2cccnc2-c2ccncc2)CC1. The predicted octanol–water partition coefficient (Wildman–Crippen LogP) is 4.55. The van der Waals surface area contributed by atoms with E-state index in [4.69, 9.17) is 0 Å². The number of hydrogen-bond donors (Lipinski definition) is 0. The number of benzene rings is 1. The lowest BCUT2D eigenvalue weighted by Crippen LogP contribution is -2.44. The molecule has 4 rings (SSSR count). The van der Waals surface area contributed by atoms with Gasteiger partial charge in [-0.15, -0.1) is 0 Å². The molecule has 1 saturated heterocycles. The molecule has 1 aliphatic heterocycles. The minimum absolute atomic E-state index is 0.182. The number of likely N-dealkylation sites (tertiary alicyclic amines) is 1. The minimum atomic E-state index is -1.04. The summed E-state index contributed by atoms with van der Waals surface area (Å²) in [6, 6.07) is 10.3. The van der Waals surface area contributed by atoms with E-state index in [0.29, 0.717) is 23.4 Å². The van der Waals surface area contributed by atoms with E-state index in [-0.39, 0.29) is 43.8 Å². The van der Waals surface area contributed by atoms with Crippen molar-refractivity contribution in [3.63, 3.8) is 0 Å². The molecule has 0 spiro atoms. The highest BCUT2D eigenvalue weighted by atomic mass is 19.1. The van der Waals surface area contributed by atoms with E-state index in [1.807, 2.05) is 0 Å². The Hall–Kier alpha value is -3.73. The first-order valence-electron chi connectivity index (χ1n) is 10.1. The molecule has 3 aromatic rings. The van der Waals surface area contributed by atoms with Crippen LogP contribution in [0.4, 0.5) is 13.2 Å². The molecule has 0 N–H and O–H groups in total. The van der Waals surface area contributed by atoms with Crippen LogP contribution in [0, 0.1) is 34.2 Å². The number of pyridine rings is 2. The largest absolute Gasteiger partial charge is 0.338 e. The second-order valence-electron chi connectivity index (χ2n) is 7.84. The van der Waals surface area contributed by atoms with Crippen LogP contribution in [0.5, 0.6) is 0 Å². The molecule has 5 nitrogen and oxygen atoms in total. The standard InChI is InChI=1S/C24H19F3N4O/c25-17-12-20(26)19(21(27)13-17)14-24(15-28)5-10-31(11-6-24)23(32)18-2-1-7-30-22(18)16-3-8-29-9-4-16/h1-4,7-9,12-13H,5-6,10-11,14H2. The van der Waals surface area contributed by atoms with Gasteiger partial charge in [0, 0.05) is 54.9 Å². The van der Waals surface area contributed by atoms with Crippen LogP contribution in [0.3, 0.4) is 0 Å². The van der Waals surface area contributed by atoms with Crippen molar-refractivity contribution in [2.45, 2.75) is 19.3 Å². The summed E-state index contributed by atoms with van der Waals surface area (Å²) in [6.45, 7) is 0.503. The zero-order valence-corrected chi connectivity index (χ0v) is 17.1. The quantitative estimate of drug-likeness (QED) is 0.602. The molecule has 1 fully saturated rings. The average Bonchev–Trinajstić information content (AvgIpc) is 2.82. The molecule has 0 unspecified atom stereocenters. The average molecular weight is 436 g/mol. The monoisotopic (exact) mass is 436 g/mol. The zero-order chi connectivity index (χ0) is 22.7. The Bertz CT molecular complexity index is 1160. The van der Waals surface area contributed by atoms with Gasteiger partial charge in [-0.05, 0) is 43.5 Å². The van der Waals surface area contributed by atoms with Crippen LogP contribution in [0.25, 0.3) is 11.3 Å². The number of carbonyl (C=O) groups excluding carboxylic acids is 1. The molecule has 2 aromatic heterocycles. The van der Waals surface area contributed by atoms with Crippen LogP contribution in [0.1, 0.15) is 28.8 Å². The number of rotatable bonds is 4. The molecule has 0 saturated carbocycles. The number of aromatic nitrogens is 2. The van der Waals surface area contributed by atoms with Crippen molar-refractivity contribution >= 4 is 5.91 Å². The van der Waals surface area contributed by atoms with Crippen LogP contribution in [0.15, 0.2) is 55.0 Å². The van der Waals surface area contributed by atoms with Crippen molar-refractivity contribution in [2.24, 2.45) is 5.41 Å². The van der Waals surface area contributed by atoms with E-state index < -0.39 is 22.9 Å². The van der Waals surface area contributed by atoms with Crippen LogP contribution >= 0.6 is 0 Å². The molecule has 8 heteroatoms. The number of nitrogens with zero attached hydrogens (tertiary/aromatic N) is 4. The Balaban J connectivity index is 1.53. The number of halogens is 3. The first-order chi connectivity index (χ1) is 15.4. The molecule has 0 radical (unpaired) electrons. The maximum absolute atomic E-state index is 14.1. The topological polar surface area (TPSA) is 69.9 Å². The summed E-state index contributed by atoms with van der Waals surface area (Å²) in [5.74, 6) is -3.24. The van der Waals surface area contributed by atoms with E-state index in [9.17, 15) is 23.2 Å². The second kappa shape index (κ2) is 8.79. The number of carbonyl (C=O) groups is 1. The Kier molecular flexibility index (Phi) is 5.91. The lowest BCUT2D eigenvalue weighted by molar-refractivity contribution is 0.0646. The molecule has 1 aliphatic rings. The molecule has 0 aliphatic carbocycles. The Labute approximate surface area is 183 Å². The maximum Gasteiger partial charge on any atom is 0.256 e. The van der Waals surface area contributed by atoms with E-state index in [2.05, 4.69) is 16.0 Å². The van der Waals surface area contributed by atoms with Gasteiger partial charge in [0.05, 0.1) is 22.7 Å². The molecular formula is C24H19F3N4O. The van der Waals surface area contributed by atoms with Crippen LogP contribution in [-0.2, 0) is 6.42 Å². The van der Waals surface area contributed by atoms with Crippen LogP contribution < -0.4 is 0 Å². The van der Waals surface area contributed by atoms with Gasteiger partial charge in [0.1, 0.15) is 17.5 Å². The summed E-state index contributed by atoms with van der Waals surface area (Å²) in [5, 5.41) is 9.79. The Morgan fingerprint density at radius 3 is 2.34 bits per heavy atom. The van der Waals surface area contributed by atoms with Gasteiger partial charge in [-0.3, -0.25) is 14.8 Å². The predicted molar refractivity (Wildman–Crippen MR) is 111 cm³/mol. The summed E-state index contributed by atoms with van der Waals surface area (Å²) in [6.07, 6.45) is 5.16. The Morgan fingerprint density at radius 1 is 1.06 bits per heavy atom. The highest BCUT2D eigenvalue weighted by Crippen LogP contribution is 2.37. The van der Waals surface area contributed by atoms with E-state index in [1.165, 1.54) is 0 Å². The van der Waals surface area contributed by atoms with Crippen LogP contribution in [-0.4, -0.2) is 33.9 Å². The molecule has 1 amide bonds. The zero-order valence-electron chi connectivity index (χ0n) is 17.1. The fourth-order valence-corrected chi connectivity index (χ4v) is 4.03. The maximum atomic E-state index is 14.1. The third-order valence-corrected chi connectivity index (χ3v) is 5.86. The molecule has 0 atom stereocenters. The first-order valence-corrected chi connectivity index (χ1v) is 10.1. The highest BCUT2D eigenvalue weighted by molar-refractivity contribution is 5.99. The highest BCUT2D eigenvalue weighted by Gasteiger charge is 2.38. The number of amides is 1. The van der Waals surface area contributed by atoms with Crippen molar-refractivity contribution in [2.75, 3.05) is 13.1 Å². The van der Waals surface area contributed by atoms with Gasteiger partial charge in [-0.1, -0.05) is 0 Å². The smallest absolute Gasteiger partial charge is 0.256 e. The lowest BCUT2D eigenvalue weighted by atomic mass is 9.74. The molecule has 162 valence electrons. The van der Waals surface area contributed by atoms with E-state index in [0.717, 1.165) is 5.56 Å². The first kappa shape index (κ1) is 21.5. The summed E-state index contributed by atoms with van der Waals surface area (Å²) in [7, 11) is 0. The summed E-state index contributed by atoms with van der Waals surface area (Å²) in [5.41, 5.74) is 0.375. The van der Waals surface area contributed by atoms with Crippen molar-refractivity contribution in [3.05, 3.63) is 83.6 Å². The summed E-state index contributed by atoms with van der Waals surface area (Å²) < 4.78 is 41.5. The molecule has 3 heterocycles. The number of hydrogen-bond acceptors (Lipinski definition) is 4. The third-order valence-electron chi connectivity index (χ3n) is 5.86. The van der Waals surface area contributed by atoms with Gasteiger partial charge >= 0.3 is 0 Å². The minimum Gasteiger partial charge on any atom is -0.338 e. The van der Waals surface area contributed by atoms with Crippen LogP contribution in [0.2, 0.25) is 0 Å². The fourth-order valence-electron chi connectivity index (χ4n) is 4.03. The van der Waals surface area contributed by atoms with Gasteiger partial charge in [-0.2, -0.15) is 5.26 Å². The van der Waals surface area contributed by atoms with E-state index >= 15 is 0 Å². The normalized spacial score (nSPS) is 15.2. The van der Waals surface area contributed by atoms with Crippen molar-refractivity contribution in [3.8, 4) is 17.3 Å². The molecule has 32 heavy (non-hydrogen) atoms. The van der Waals surface area contributed by atoms with Gasteiger partial charge < -0.3 is 4.90 Å². The number of nitriles is 1. The van der Waals surface area contributed by atoms with Gasteiger partial charge in [0.15, 0.2) is 0 Å². The van der Waals surface area contributed by atoms with Crippen molar-refractivity contribution in [1.82, 2.24) is 14.9 Å². The van der Waals surface area contributed by atoms with Crippen molar-refractivity contribution < 1.29 is 18.0 Å². The van der Waals surface area contributed by atoms with Gasteiger partial charge in [0.25, 0.3) is 5.91 Å². The fraction of sp³-hybridized carbons (Fsp3) is 0.250. The molecule has 0 bridgehead atoms. The summed E-state index contributed by atoms with van der Waals surface area (Å²) in [4.78, 5) is 23.2.